The number of carbonyl (C=O) groups excluding carboxylic acids is 1. The lowest BCUT2D eigenvalue weighted by Crippen LogP contribution is -2.30. The van der Waals surface area contributed by atoms with Crippen LogP contribution in [0, 0.1) is 5.82 Å². The van der Waals surface area contributed by atoms with Crippen LogP contribution in [-0.2, 0) is 13.6 Å². The van der Waals surface area contributed by atoms with E-state index in [0.717, 1.165) is 6.07 Å². The summed E-state index contributed by atoms with van der Waals surface area (Å²) in [5.41, 5.74) is -0.690. The highest BCUT2D eigenvalue weighted by Gasteiger charge is 2.17. The summed E-state index contributed by atoms with van der Waals surface area (Å²) < 4.78 is 15.2. The molecule has 0 saturated carbocycles. The molecule has 0 saturated heterocycles. The largest absolute Gasteiger partial charge is 0.478 e. The molecule has 0 aliphatic heterocycles. The summed E-state index contributed by atoms with van der Waals surface area (Å²) in [5, 5.41) is 13.8. The molecule has 2 amide bonds. The number of hydrogen-bond acceptors (Lipinski definition) is 3. The van der Waals surface area contributed by atoms with Gasteiger partial charge in [0.1, 0.15) is 17.2 Å². The fourth-order valence-electron chi connectivity index (χ4n) is 1.74. The number of aryl methyl sites for hydroxylation is 1. The first-order valence-corrected chi connectivity index (χ1v) is 6.02. The molecule has 3 N–H and O–H groups in total. The minimum Gasteiger partial charge on any atom is -0.478 e. The molecule has 2 aromatic rings. The number of anilines is 1. The first-order chi connectivity index (χ1) is 9.99. The average molecular weight is 292 g/mol. The molecule has 110 valence electrons. The number of imidazole rings is 1. The third kappa shape index (κ3) is 3.35. The summed E-state index contributed by atoms with van der Waals surface area (Å²) in [5.74, 6) is -1.74. The van der Waals surface area contributed by atoms with Gasteiger partial charge in [0.2, 0.25) is 0 Å². The van der Waals surface area contributed by atoms with E-state index in [4.69, 9.17) is 5.11 Å². The summed E-state index contributed by atoms with van der Waals surface area (Å²) in [6.45, 7) is 0.160. The quantitative estimate of drug-likeness (QED) is 0.797. The summed E-state index contributed by atoms with van der Waals surface area (Å²) in [6, 6.07) is 3.00. The Morgan fingerprint density at radius 2 is 2.19 bits per heavy atom. The lowest BCUT2D eigenvalue weighted by atomic mass is 10.1. The number of hydrogen-bond donors (Lipinski definition) is 3. The van der Waals surface area contributed by atoms with Crippen LogP contribution in [0.15, 0.2) is 30.6 Å². The van der Waals surface area contributed by atoms with Gasteiger partial charge < -0.3 is 20.3 Å². The van der Waals surface area contributed by atoms with Crippen molar-refractivity contribution in [1.29, 1.82) is 0 Å². The van der Waals surface area contributed by atoms with Gasteiger partial charge in [0, 0.05) is 19.4 Å². The number of rotatable bonds is 4. The Morgan fingerprint density at radius 1 is 1.43 bits per heavy atom. The zero-order valence-electron chi connectivity index (χ0n) is 11.1. The van der Waals surface area contributed by atoms with Crippen LogP contribution in [0.3, 0.4) is 0 Å². The molecule has 7 nitrogen and oxygen atoms in total. The van der Waals surface area contributed by atoms with E-state index < -0.39 is 23.4 Å². The highest BCUT2D eigenvalue weighted by molar-refractivity contribution is 6.00. The Morgan fingerprint density at radius 3 is 2.81 bits per heavy atom. The van der Waals surface area contributed by atoms with Crippen molar-refractivity contribution in [3.8, 4) is 0 Å². The third-order valence-corrected chi connectivity index (χ3v) is 2.80. The van der Waals surface area contributed by atoms with Crippen LogP contribution < -0.4 is 10.6 Å². The summed E-state index contributed by atoms with van der Waals surface area (Å²) in [6.07, 6.45) is 3.31. The van der Waals surface area contributed by atoms with Gasteiger partial charge in [0.05, 0.1) is 12.2 Å². The number of urea groups is 1. The number of nitrogens with zero attached hydrogens (tertiary/aromatic N) is 2. The van der Waals surface area contributed by atoms with Crippen LogP contribution in [0.5, 0.6) is 0 Å². The number of nitrogens with one attached hydrogen (secondary N) is 2. The van der Waals surface area contributed by atoms with Crippen LogP contribution in [-0.4, -0.2) is 26.7 Å². The Bertz CT molecular complexity index is 684. The summed E-state index contributed by atoms with van der Waals surface area (Å²) in [4.78, 5) is 26.7. The second-order valence-corrected chi connectivity index (χ2v) is 4.23. The predicted octanol–water partition coefficient (Wildman–Crippen LogP) is 1.58. The second-order valence-electron chi connectivity index (χ2n) is 4.23. The molecule has 2 rings (SSSR count). The third-order valence-electron chi connectivity index (χ3n) is 2.80. The minimum atomic E-state index is -1.45. The zero-order chi connectivity index (χ0) is 15.4. The minimum absolute atomic E-state index is 0.111. The monoisotopic (exact) mass is 292 g/mol. The SMILES string of the molecule is Cn1ccnc1CNC(=O)Nc1cccc(F)c1C(=O)O. The number of halogens is 1. The smallest absolute Gasteiger partial charge is 0.340 e. The molecule has 0 fully saturated rings. The molecule has 0 aliphatic rings. The van der Waals surface area contributed by atoms with E-state index in [-0.39, 0.29) is 12.2 Å². The van der Waals surface area contributed by atoms with Crippen molar-refractivity contribution in [3.63, 3.8) is 0 Å². The van der Waals surface area contributed by atoms with Gasteiger partial charge in [0.25, 0.3) is 0 Å². The van der Waals surface area contributed by atoms with Gasteiger partial charge in [-0.1, -0.05) is 6.07 Å². The lowest BCUT2D eigenvalue weighted by Gasteiger charge is -2.10. The van der Waals surface area contributed by atoms with E-state index in [1.54, 1.807) is 24.0 Å². The number of amides is 2. The maximum Gasteiger partial charge on any atom is 0.340 e. The van der Waals surface area contributed by atoms with Crippen LogP contribution in [0.2, 0.25) is 0 Å². The first-order valence-electron chi connectivity index (χ1n) is 6.02. The van der Waals surface area contributed by atoms with Crippen LogP contribution in [0.4, 0.5) is 14.9 Å². The van der Waals surface area contributed by atoms with Crippen molar-refractivity contribution in [2.75, 3.05) is 5.32 Å². The molecule has 1 aromatic heterocycles. The van der Waals surface area contributed by atoms with Crippen molar-refractivity contribution in [2.24, 2.45) is 7.05 Å². The first kappa shape index (κ1) is 14.5. The Labute approximate surface area is 119 Å². The van der Waals surface area contributed by atoms with Gasteiger partial charge in [-0.15, -0.1) is 0 Å². The highest BCUT2D eigenvalue weighted by Crippen LogP contribution is 2.18. The van der Waals surface area contributed by atoms with Gasteiger partial charge in [-0.25, -0.2) is 19.0 Å². The number of aromatic carboxylic acids is 1. The van der Waals surface area contributed by atoms with Gasteiger partial charge in [0.15, 0.2) is 0 Å². The van der Waals surface area contributed by atoms with Crippen molar-refractivity contribution >= 4 is 17.7 Å². The Kier molecular flexibility index (Phi) is 4.17. The molecule has 21 heavy (non-hydrogen) atoms. The molecule has 0 bridgehead atoms. The molecule has 0 radical (unpaired) electrons. The van der Waals surface area contributed by atoms with E-state index in [0.29, 0.717) is 5.82 Å². The molecular weight excluding hydrogens is 279 g/mol. The molecule has 0 aliphatic carbocycles. The number of carboxylic acid groups (broad SMARTS) is 1. The molecule has 1 aromatic carbocycles. The second kappa shape index (κ2) is 6.04. The number of benzene rings is 1. The van der Waals surface area contributed by atoms with E-state index >= 15 is 0 Å². The molecular formula is C13H13FN4O3. The van der Waals surface area contributed by atoms with Crippen molar-refractivity contribution < 1.29 is 19.1 Å². The van der Waals surface area contributed by atoms with Gasteiger partial charge in [-0.3, -0.25) is 0 Å². The molecule has 8 heteroatoms. The van der Waals surface area contributed by atoms with E-state index in [9.17, 15) is 14.0 Å². The van der Waals surface area contributed by atoms with E-state index in [1.807, 2.05) is 0 Å². The Hall–Kier alpha value is -2.90. The summed E-state index contributed by atoms with van der Waals surface area (Å²) >= 11 is 0. The summed E-state index contributed by atoms with van der Waals surface area (Å²) in [7, 11) is 1.77. The van der Waals surface area contributed by atoms with Gasteiger partial charge in [-0.2, -0.15) is 0 Å². The zero-order valence-corrected chi connectivity index (χ0v) is 11.1. The van der Waals surface area contributed by atoms with Crippen LogP contribution >= 0.6 is 0 Å². The van der Waals surface area contributed by atoms with Crippen LogP contribution in [0.1, 0.15) is 16.2 Å². The number of carboxylic acids is 1. The lowest BCUT2D eigenvalue weighted by molar-refractivity contribution is 0.0693. The van der Waals surface area contributed by atoms with Crippen molar-refractivity contribution in [1.82, 2.24) is 14.9 Å². The average Bonchev–Trinajstić information content (AvgIpc) is 2.81. The standard InChI is InChI=1S/C13H13FN4O3/c1-18-6-5-15-10(18)7-16-13(21)17-9-4-2-3-8(14)11(9)12(19)20/h2-6H,7H2,1H3,(H,19,20)(H2,16,17,21). The molecule has 1 heterocycles. The topological polar surface area (TPSA) is 96.3 Å². The van der Waals surface area contributed by atoms with E-state index in [1.165, 1.54) is 12.1 Å². The van der Waals surface area contributed by atoms with Crippen LogP contribution in [0.25, 0.3) is 0 Å². The normalized spacial score (nSPS) is 10.2. The van der Waals surface area contributed by atoms with Gasteiger partial charge in [-0.05, 0) is 12.1 Å². The molecule has 0 spiro atoms. The van der Waals surface area contributed by atoms with Crippen molar-refractivity contribution in [3.05, 3.63) is 47.8 Å². The predicted molar refractivity (Wildman–Crippen MR) is 72.4 cm³/mol. The fraction of sp³-hybridized carbons (Fsp3) is 0.154. The van der Waals surface area contributed by atoms with E-state index in [2.05, 4.69) is 15.6 Å². The van der Waals surface area contributed by atoms with Gasteiger partial charge >= 0.3 is 12.0 Å². The molecule has 0 unspecified atom stereocenters. The van der Waals surface area contributed by atoms with Crippen molar-refractivity contribution in [2.45, 2.75) is 6.54 Å². The molecule has 0 atom stereocenters. The number of carbonyl (C=O) groups is 2. The maximum atomic E-state index is 13.4. The fourth-order valence-corrected chi connectivity index (χ4v) is 1.74. The Balaban J connectivity index is 2.05. The number of aromatic nitrogens is 2. The maximum absolute atomic E-state index is 13.4. The highest BCUT2D eigenvalue weighted by atomic mass is 19.1.